The summed E-state index contributed by atoms with van der Waals surface area (Å²) in [5, 5.41) is 14.3. The van der Waals surface area contributed by atoms with Crippen LogP contribution in [0.2, 0.25) is 0 Å². The lowest BCUT2D eigenvalue weighted by Gasteiger charge is -2.23. The third kappa shape index (κ3) is 6.05. The molecule has 2 rings (SSSR count). The number of hydrogen-bond donors (Lipinski definition) is 2. The van der Waals surface area contributed by atoms with Crippen LogP contribution in [0.15, 0.2) is 47.4 Å². The molecule has 2 aromatic rings. The zero-order valence-electron chi connectivity index (χ0n) is 16.7. The summed E-state index contributed by atoms with van der Waals surface area (Å²) in [6.07, 6.45) is 0.947. The molecule has 2 amide bonds. The number of aryl methyl sites for hydroxylation is 1. The van der Waals surface area contributed by atoms with Gasteiger partial charge in [-0.1, -0.05) is 45.0 Å². The molecule has 29 heavy (non-hydrogen) atoms. The van der Waals surface area contributed by atoms with E-state index in [0.717, 1.165) is 29.8 Å². The first-order chi connectivity index (χ1) is 13.7. The summed E-state index contributed by atoms with van der Waals surface area (Å²) in [5.41, 5.74) is 7.24. The number of nitro benzene ring substituents is 1. The molecule has 1 unspecified atom stereocenters. The van der Waals surface area contributed by atoms with Crippen LogP contribution in [0.4, 0.5) is 5.69 Å². The Kier molecular flexibility index (Phi) is 7.78. The summed E-state index contributed by atoms with van der Waals surface area (Å²) in [5.74, 6) is -0.758. The van der Waals surface area contributed by atoms with Crippen LogP contribution in [0.3, 0.4) is 0 Å². The first kappa shape index (κ1) is 22.4. The number of nitrogens with two attached hydrogens (primary N) is 1. The highest BCUT2D eigenvalue weighted by Crippen LogP contribution is 2.30. The standard InChI is InChI=1S/C21H25N3O4S/c1-4-14-5-7-15(8-6-14)20(13(2)3)23-19(25)12-29-18-10-9-16(21(22)26)11-17(18)24(27)28/h5-11,13,20H,4,12H2,1-3H3,(H2,22,26)(H,23,25). The minimum absolute atomic E-state index is 0.0209. The smallest absolute Gasteiger partial charge is 0.283 e. The maximum absolute atomic E-state index is 12.5. The summed E-state index contributed by atoms with van der Waals surface area (Å²) in [4.78, 5) is 34.8. The average Bonchev–Trinajstić information content (AvgIpc) is 2.70. The van der Waals surface area contributed by atoms with Crippen LogP contribution in [0, 0.1) is 16.0 Å². The molecule has 0 aliphatic heterocycles. The van der Waals surface area contributed by atoms with E-state index in [9.17, 15) is 19.7 Å². The van der Waals surface area contributed by atoms with Crippen molar-refractivity contribution < 1.29 is 14.5 Å². The van der Waals surface area contributed by atoms with E-state index in [4.69, 9.17) is 5.73 Å². The normalized spacial score (nSPS) is 11.9. The summed E-state index contributed by atoms with van der Waals surface area (Å²) < 4.78 is 0. The Balaban J connectivity index is 2.09. The van der Waals surface area contributed by atoms with Gasteiger partial charge in [-0.25, -0.2) is 0 Å². The second-order valence-corrected chi connectivity index (χ2v) is 7.99. The Labute approximate surface area is 174 Å². The average molecular weight is 416 g/mol. The second-order valence-electron chi connectivity index (χ2n) is 6.98. The largest absolute Gasteiger partial charge is 0.366 e. The molecule has 0 fully saturated rings. The van der Waals surface area contributed by atoms with Gasteiger partial charge in [0.1, 0.15) is 0 Å². The maximum Gasteiger partial charge on any atom is 0.283 e. The number of hydrogen-bond acceptors (Lipinski definition) is 5. The van der Waals surface area contributed by atoms with Crippen molar-refractivity contribution >= 4 is 29.3 Å². The minimum Gasteiger partial charge on any atom is -0.366 e. The number of nitrogens with zero attached hydrogens (tertiary/aromatic N) is 1. The van der Waals surface area contributed by atoms with Crippen LogP contribution in [0.25, 0.3) is 0 Å². The Hall–Kier alpha value is -2.87. The number of thioether (sulfide) groups is 1. The van der Waals surface area contributed by atoms with Gasteiger partial charge in [-0.15, -0.1) is 11.8 Å². The van der Waals surface area contributed by atoms with Gasteiger partial charge in [0.25, 0.3) is 5.69 Å². The highest BCUT2D eigenvalue weighted by atomic mass is 32.2. The van der Waals surface area contributed by atoms with Gasteiger partial charge >= 0.3 is 0 Å². The molecule has 0 spiro atoms. The number of nitro groups is 1. The molecule has 8 heteroatoms. The monoisotopic (exact) mass is 415 g/mol. The highest BCUT2D eigenvalue weighted by molar-refractivity contribution is 8.00. The number of nitrogens with one attached hydrogen (secondary N) is 1. The van der Waals surface area contributed by atoms with Gasteiger partial charge < -0.3 is 11.1 Å². The van der Waals surface area contributed by atoms with Gasteiger partial charge in [-0.2, -0.15) is 0 Å². The maximum atomic E-state index is 12.5. The Morgan fingerprint density at radius 2 is 1.83 bits per heavy atom. The van der Waals surface area contributed by atoms with Crippen LogP contribution in [-0.4, -0.2) is 22.5 Å². The van der Waals surface area contributed by atoms with E-state index in [1.165, 1.54) is 17.7 Å². The fourth-order valence-electron chi connectivity index (χ4n) is 2.89. The Morgan fingerprint density at radius 3 is 2.34 bits per heavy atom. The zero-order chi connectivity index (χ0) is 21.6. The molecule has 7 nitrogen and oxygen atoms in total. The van der Waals surface area contributed by atoms with Crippen molar-refractivity contribution in [1.29, 1.82) is 0 Å². The number of carbonyl (C=O) groups excluding carboxylic acids is 2. The predicted octanol–water partition coefficient (Wildman–Crippen LogP) is 3.86. The predicted molar refractivity (Wildman–Crippen MR) is 114 cm³/mol. The third-order valence-electron chi connectivity index (χ3n) is 4.53. The molecule has 0 saturated carbocycles. The van der Waals surface area contributed by atoms with Crippen molar-refractivity contribution in [2.24, 2.45) is 11.7 Å². The summed E-state index contributed by atoms with van der Waals surface area (Å²) in [6.45, 7) is 6.14. The van der Waals surface area contributed by atoms with Crippen molar-refractivity contribution in [3.63, 3.8) is 0 Å². The van der Waals surface area contributed by atoms with Crippen LogP contribution in [0.5, 0.6) is 0 Å². The van der Waals surface area contributed by atoms with E-state index in [-0.39, 0.29) is 34.9 Å². The summed E-state index contributed by atoms with van der Waals surface area (Å²) in [6, 6.07) is 12.0. The molecule has 0 aliphatic carbocycles. The molecule has 0 radical (unpaired) electrons. The van der Waals surface area contributed by atoms with Gasteiger partial charge in [-0.05, 0) is 35.6 Å². The first-order valence-corrected chi connectivity index (χ1v) is 10.3. The fraction of sp³-hybridized carbons (Fsp3) is 0.333. The highest BCUT2D eigenvalue weighted by Gasteiger charge is 2.21. The van der Waals surface area contributed by atoms with Crippen molar-refractivity contribution in [2.45, 2.75) is 38.1 Å². The molecule has 0 saturated heterocycles. The van der Waals surface area contributed by atoms with Crippen LogP contribution in [0.1, 0.15) is 48.3 Å². The van der Waals surface area contributed by atoms with E-state index in [0.29, 0.717) is 4.90 Å². The molecule has 0 aliphatic rings. The molecule has 1 atom stereocenters. The third-order valence-corrected chi connectivity index (χ3v) is 5.59. The second kappa shape index (κ2) is 10.1. The molecule has 154 valence electrons. The topological polar surface area (TPSA) is 115 Å². The van der Waals surface area contributed by atoms with E-state index >= 15 is 0 Å². The van der Waals surface area contributed by atoms with E-state index in [2.05, 4.69) is 24.4 Å². The van der Waals surface area contributed by atoms with Gasteiger partial charge in [-0.3, -0.25) is 19.7 Å². The Morgan fingerprint density at radius 1 is 1.17 bits per heavy atom. The summed E-state index contributed by atoms with van der Waals surface area (Å²) in [7, 11) is 0. The van der Waals surface area contributed by atoms with Gasteiger partial charge in [0, 0.05) is 11.6 Å². The van der Waals surface area contributed by atoms with Crippen molar-refractivity contribution in [3.05, 3.63) is 69.3 Å². The fourth-order valence-corrected chi connectivity index (χ4v) is 3.70. The van der Waals surface area contributed by atoms with E-state index in [1.807, 2.05) is 26.0 Å². The van der Waals surface area contributed by atoms with Gasteiger partial charge in [0.2, 0.25) is 11.8 Å². The Bertz CT molecular complexity index is 897. The number of amides is 2. The molecule has 0 heterocycles. The van der Waals surface area contributed by atoms with Gasteiger partial charge in [0.15, 0.2) is 0 Å². The molecule has 0 aromatic heterocycles. The van der Waals surface area contributed by atoms with E-state index < -0.39 is 10.8 Å². The van der Waals surface area contributed by atoms with Crippen LogP contribution < -0.4 is 11.1 Å². The number of carbonyl (C=O) groups is 2. The summed E-state index contributed by atoms with van der Waals surface area (Å²) >= 11 is 1.05. The van der Waals surface area contributed by atoms with Crippen molar-refractivity contribution in [3.8, 4) is 0 Å². The zero-order valence-corrected chi connectivity index (χ0v) is 17.5. The molecule has 0 bridgehead atoms. The molecule has 3 N–H and O–H groups in total. The van der Waals surface area contributed by atoms with Crippen LogP contribution in [-0.2, 0) is 11.2 Å². The lowest BCUT2D eigenvalue weighted by molar-refractivity contribution is -0.387. The molecular formula is C21H25N3O4S. The van der Waals surface area contributed by atoms with Gasteiger partial charge in [0.05, 0.1) is 21.6 Å². The lowest BCUT2D eigenvalue weighted by atomic mass is 9.95. The first-order valence-electron chi connectivity index (χ1n) is 9.32. The number of benzene rings is 2. The van der Waals surface area contributed by atoms with Crippen molar-refractivity contribution in [1.82, 2.24) is 5.32 Å². The molecular weight excluding hydrogens is 390 g/mol. The SMILES string of the molecule is CCc1ccc(C(NC(=O)CSc2ccc(C(N)=O)cc2[N+](=O)[O-])C(C)C)cc1. The van der Waals surface area contributed by atoms with Crippen molar-refractivity contribution in [2.75, 3.05) is 5.75 Å². The van der Waals surface area contributed by atoms with Crippen LogP contribution >= 0.6 is 11.8 Å². The lowest BCUT2D eigenvalue weighted by Crippen LogP contribution is -2.33. The number of rotatable bonds is 9. The van der Waals surface area contributed by atoms with E-state index in [1.54, 1.807) is 0 Å². The minimum atomic E-state index is -0.740. The number of primary amides is 1. The quantitative estimate of drug-likeness (QED) is 0.366. The molecule has 2 aromatic carbocycles.